The molecule has 0 aliphatic carbocycles. The van der Waals surface area contributed by atoms with E-state index in [1.54, 1.807) is 7.11 Å². The van der Waals surface area contributed by atoms with Crippen molar-refractivity contribution < 1.29 is 4.84 Å². The summed E-state index contributed by atoms with van der Waals surface area (Å²) in [6, 6.07) is 8.29. The summed E-state index contributed by atoms with van der Waals surface area (Å²) in [7, 11) is 1.57. The van der Waals surface area contributed by atoms with E-state index in [-0.39, 0.29) is 0 Å². The van der Waals surface area contributed by atoms with Gasteiger partial charge < -0.3 is 4.84 Å². The van der Waals surface area contributed by atoms with Crippen molar-refractivity contribution >= 4 is 5.71 Å². The SMILES string of the molecule is CC/C(=N\OC)c1ccc(C)cc1. The van der Waals surface area contributed by atoms with Crippen LogP contribution in [0.5, 0.6) is 0 Å². The van der Waals surface area contributed by atoms with Crippen molar-refractivity contribution in [1.82, 2.24) is 0 Å². The van der Waals surface area contributed by atoms with Crippen LogP contribution in [-0.2, 0) is 4.84 Å². The van der Waals surface area contributed by atoms with Crippen LogP contribution in [0.1, 0.15) is 24.5 Å². The molecular formula is C11H15NO. The van der Waals surface area contributed by atoms with E-state index >= 15 is 0 Å². The Morgan fingerprint density at radius 2 is 1.92 bits per heavy atom. The summed E-state index contributed by atoms with van der Waals surface area (Å²) in [6.07, 6.45) is 0.886. The van der Waals surface area contributed by atoms with Crippen molar-refractivity contribution in [3.8, 4) is 0 Å². The van der Waals surface area contributed by atoms with E-state index in [1.165, 1.54) is 5.56 Å². The molecule has 0 heterocycles. The second kappa shape index (κ2) is 4.65. The predicted molar refractivity (Wildman–Crippen MR) is 55.0 cm³/mol. The minimum atomic E-state index is 0.886. The fourth-order valence-electron chi connectivity index (χ4n) is 1.18. The molecular weight excluding hydrogens is 162 g/mol. The maximum Gasteiger partial charge on any atom is 0.106 e. The standard InChI is InChI=1S/C11H15NO/c1-4-11(12-13-3)10-7-5-9(2)6-8-10/h5-8H,4H2,1-3H3/b12-11+. The van der Waals surface area contributed by atoms with Crippen LogP contribution in [0.2, 0.25) is 0 Å². The lowest BCUT2D eigenvalue weighted by molar-refractivity contribution is 0.213. The molecule has 1 aromatic rings. The average molecular weight is 177 g/mol. The van der Waals surface area contributed by atoms with Gasteiger partial charge in [0.25, 0.3) is 0 Å². The highest BCUT2D eigenvalue weighted by Gasteiger charge is 2.00. The van der Waals surface area contributed by atoms with Gasteiger partial charge in [0.1, 0.15) is 7.11 Å². The first-order valence-corrected chi connectivity index (χ1v) is 4.45. The first kappa shape index (κ1) is 9.78. The minimum absolute atomic E-state index is 0.886. The molecule has 1 rings (SSSR count). The first-order chi connectivity index (χ1) is 6.27. The van der Waals surface area contributed by atoms with Gasteiger partial charge in [0, 0.05) is 0 Å². The molecule has 0 atom stereocenters. The van der Waals surface area contributed by atoms with Gasteiger partial charge in [-0.25, -0.2) is 0 Å². The normalized spacial score (nSPS) is 11.5. The Balaban J connectivity index is 2.92. The summed E-state index contributed by atoms with van der Waals surface area (Å²) in [5, 5.41) is 3.96. The Kier molecular flexibility index (Phi) is 3.50. The summed E-state index contributed by atoms with van der Waals surface area (Å²) in [4.78, 5) is 4.77. The van der Waals surface area contributed by atoms with Gasteiger partial charge in [0.2, 0.25) is 0 Å². The number of hydrogen-bond donors (Lipinski definition) is 0. The van der Waals surface area contributed by atoms with Crippen LogP contribution in [-0.4, -0.2) is 12.8 Å². The van der Waals surface area contributed by atoms with Crippen LogP contribution < -0.4 is 0 Å². The molecule has 0 spiro atoms. The molecule has 0 bridgehead atoms. The third-order valence-corrected chi connectivity index (χ3v) is 1.92. The Hall–Kier alpha value is -1.31. The van der Waals surface area contributed by atoms with E-state index in [0.717, 1.165) is 17.7 Å². The van der Waals surface area contributed by atoms with E-state index in [9.17, 15) is 0 Å². The highest BCUT2D eigenvalue weighted by Crippen LogP contribution is 2.07. The summed E-state index contributed by atoms with van der Waals surface area (Å²) >= 11 is 0. The molecule has 0 aromatic heterocycles. The number of aryl methyl sites for hydroxylation is 1. The molecule has 1 aromatic carbocycles. The molecule has 0 aliphatic heterocycles. The van der Waals surface area contributed by atoms with Crippen LogP contribution in [0.3, 0.4) is 0 Å². The molecule has 0 N–H and O–H groups in total. The van der Waals surface area contributed by atoms with Crippen molar-refractivity contribution in [2.75, 3.05) is 7.11 Å². The van der Waals surface area contributed by atoms with E-state index in [2.05, 4.69) is 43.3 Å². The van der Waals surface area contributed by atoms with Crippen molar-refractivity contribution in [3.05, 3.63) is 35.4 Å². The lowest BCUT2D eigenvalue weighted by atomic mass is 10.1. The molecule has 2 nitrogen and oxygen atoms in total. The monoisotopic (exact) mass is 177 g/mol. The Labute approximate surface area is 79.2 Å². The van der Waals surface area contributed by atoms with Gasteiger partial charge in [-0.15, -0.1) is 0 Å². The summed E-state index contributed by atoms with van der Waals surface area (Å²) in [5.41, 5.74) is 3.38. The number of oxime groups is 1. The highest BCUT2D eigenvalue weighted by molar-refractivity contribution is 6.00. The van der Waals surface area contributed by atoms with Gasteiger partial charge in [-0.3, -0.25) is 0 Å². The fraction of sp³-hybridized carbons (Fsp3) is 0.364. The molecule has 70 valence electrons. The van der Waals surface area contributed by atoms with Crippen LogP contribution in [0.4, 0.5) is 0 Å². The molecule has 0 saturated heterocycles. The summed E-state index contributed by atoms with van der Waals surface area (Å²) < 4.78 is 0. The van der Waals surface area contributed by atoms with Gasteiger partial charge >= 0.3 is 0 Å². The van der Waals surface area contributed by atoms with Gasteiger partial charge in [-0.2, -0.15) is 0 Å². The molecule has 2 heteroatoms. The smallest absolute Gasteiger partial charge is 0.106 e. The van der Waals surface area contributed by atoms with Crippen molar-refractivity contribution in [3.63, 3.8) is 0 Å². The van der Waals surface area contributed by atoms with E-state index < -0.39 is 0 Å². The zero-order valence-electron chi connectivity index (χ0n) is 8.37. The van der Waals surface area contributed by atoms with Crippen LogP contribution in [0.25, 0.3) is 0 Å². The maximum atomic E-state index is 4.77. The molecule has 13 heavy (non-hydrogen) atoms. The molecule has 0 fully saturated rings. The molecule has 0 radical (unpaired) electrons. The van der Waals surface area contributed by atoms with Gasteiger partial charge in [-0.1, -0.05) is 41.9 Å². The Morgan fingerprint density at radius 1 is 1.31 bits per heavy atom. The average Bonchev–Trinajstić information content (AvgIpc) is 2.16. The van der Waals surface area contributed by atoms with Crippen LogP contribution in [0.15, 0.2) is 29.4 Å². The predicted octanol–water partition coefficient (Wildman–Crippen LogP) is 2.76. The third-order valence-electron chi connectivity index (χ3n) is 1.92. The Bertz CT molecular complexity index is 287. The highest BCUT2D eigenvalue weighted by atomic mass is 16.6. The quantitative estimate of drug-likeness (QED) is 0.514. The summed E-state index contributed by atoms with van der Waals surface area (Å²) in [5.74, 6) is 0. The van der Waals surface area contributed by atoms with Gasteiger partial charge in [-0.05, 0) is 18.9 Å². The Morgan fingerprint density at radius 3 is 2.38 bits per heavy atom. The van der Waals surface area contributed by atoms with E-state index in [1.807, 2.05) is 0 Å². The summed E-state index contributed by atoms with van der Waals surface area (Å²) in [6.45, 7) is 4.14. The largest absolute Gasteiger partial charge is 0.399 e. The second-order valence-corrected chi connectivity index (χ2v) is 2.94. The van der Waals surface area contributed by atoms with Gasteiger partial charge in [0.05, 0.1) is 5.71 Å². The van der Waals surface area contributed by atoms with E-state index in [4.69, 9.17) is 4.84 Å². The van der Waals surface area contributed by atoms with Crippen molar-refractivity contribution in [2.45, 2.75) is 20.3 Å². The maximum absolute atomic E-state index is 4.77. The molecule has 0 amide bonds. The molecule has 0 saturated carbocycles. The van der Waals surface area contributed by atoms with E-state index in [0.29, 0.717) is 0 Å². The minimum Gasteiger partial charge on any atom is -0.399 e. The lowest BCUT2D eigenvalue weighted by Gasteiger charge is -2.02. The first-order valence-electron chi connectivity index (χ1n) is 4.45. The van der Waals surface area contributed by atoms with Crippen molar-refractivity contribution in [2.24, 2.45) is 5.16 Å². The van der Waals surface area contributed by atoms with Gasteiger partial charge in [0.15, 0.2) is 0 Å². The molecule has 0 aliphatic rings. The number of hydrogen-bond acceptors (Lipinski definition) is 2. The zero-order chi connectivity index (χ0) is 9.68. The fourth-order valence-corrected chi connectivity index (χ4v) is 1.18. The second-order valence-electron chi connectivity index (χ2n) is 2.94. The lowest BCUT2D eigenvalue weighted by Crippen LogP contribution is -1.99. The van der Waals surface area contributed by atoms with Crippen molar-refractivity contribution in [1.29, 1.82) is 0 Å². The van der Waals surface area contributed by atoms with Crippen LogP contribution in [0, 0.1) is 6.92 Å². The molecule has 0 unspecified atom stereocenters. The number of nitrogens with zero attached hydrogens (tertiary/aromatic N) is 1. The number of rotatable bonds is 3. The van der Waals surface area contributed by atoms with Crippen LogP contribution >= 0.6 is 0 Å². The number of benzene rings is 1. The third kappa shape index (κ3) is 2.58. The zero-order valence-corrected chi connectivity index (χ0v) is 8.37. The topological polar surface area (TPSA) is 21.6 Å².